The van der Waals surface area contributed by atoms with Gasteiger partial charge >= 0.3 is 0 Å². The maximum atomic E-state index is 5.14. The third kappa shape index (κ3) is 5.09. The maximum Gasteiger partial charge on any atom is 0.0900 e. The summed E-state index contributed by atoms with van der Waals surface area (Å²) in [7, 11) is 0. The second kappa shape index (κ2) is 10.1. The van der Waals surface area contributed by atoms with Gasteiger partial charge in [0.05, 0.1) is 9.88 Å². The zero-order valence-corrected chi connectivity index (χ0v) is 20.4. The van der Waals surface area contributed by atoms with Crippen LogP contribution in [0.1, 0.15) is 74.8 Å². The zero-order valence-electron chi connectivity index (χ0n) is 19.6. The molecule has 2 unspecified atom stereocenters. The largest absolute Gasteiger partial charge is 0.257 e. The molecule has 0 spiro atoms. The standard InChI is InChI=1S/C26H30N2S.C2H6/c1-17-5-3-4-6-19(13-17)14-22-9-11-24-23-10-7-21(26-16-27-18(2)29-26)15-20(23)8-12-25(24)28-22;1-2/h7,9-11,15-17,19H,3-6,8,12-14H2,1-2H3;1-2H3. The van der Waals surface area contributed by atoms with E-state index in [0.717, 1.165) is 36.1 Å². The normalized spacial score (nSPS) is 20.1. The highest BCUT2D eigenvalue weighted by Crippen LogP contribution is 2.37. The predicted molar refractivity (Wildman–Crippen MR) is 134 cm³/mol. The monoisotopic (exact) mass is 432 g/mol. The molecule has 1 saturated carbocycles. The van der Waals surface area contributed by atoms with E-state index in [2.05, 4.69) is 49.2 Å². The molecule has 1 aromatic carbocycles. The molecule has 2 aliphatic rings. The number of rotatable bonds is 3. The van der Waals surface area contributed by atoms with Crippen molar-refractivity contribution in [3.8, 4) is 21.6 Å². The van der Waals surface area contributed by atoms with Gasteiger partial charge in [-0.1, -0.05) is 64.7 Å². The van der Waals surface area contributed by atoms with Crippen molar-refractivity contribution in [2.45, 2.75) is 79.1 Å². The molecule has 5 rings (SSSR count). The minimum absolute atomic E-state index is 0.819. The van der Waals surface area contributed by atoms with Crippen molar-refractivity contribution in [1.29, 1.82) is 0 Å². The predicted octanol–water partition coefficient (Wildman–Crippen LogP) is 8.06. The molecular weight excluding hydrogens is 396 g/mol. The number of aromatic nitrogens is 2. The first-order valence-electron chi connectivity index (χ1n) is 12.2. The number of thiazole rings is 1. The number of benzene rings is 1. The summed E-state index contributed by atoms with van der Waals surface area (Å²) in [6.45, 7) is 8.50. The average molecular weight is 433 g/mol. The molecule has 0 amide bonds. The topological polar surface area (TPSA) is 25.8 Å². The van der Waals surface area contributed by atoms with Crippen LogP contribution >= 0.6 is 11.3 Å². The number of hydrogen-bond acceptors (Lipinski definition) is 3. The lowest BCUT2D eigenvalue weighted by Gasteiger charge is -2.22. The van der Waals surface area contributed by atoms with Crippen LogP contribution in [0.3, 0.4) is 0 Å². The molecule has 31 heavy (non-hydrogen) atoms. The summed E-state index contributed by atoms with van der Waals surface area (Å²) < 4.78 is 0. The highest BCUT2D eigenvalue weighted by molar-refractivity contribution is 7.15. The highest BCUT2D eigenvalue weighted by atomic mass is 32.1. The quantitative estimate of drug-likeness (QED) is 0.391. The van der Waals surface area contributed by atoms with E-state index in [-0.39, 0.29) is 0 Å². The van der Waals surface area contributed by atoms with Crippen molar-refractivity contribution in [3.05, 3.63) is 58.5 Å². The van der Waals surface area contributed by atoms with Crippen LogP contribution in [0, 0.1) is 18.8 Å². The molecule has 0 aliphatic heterocycles. The molecular formula is C28H36N2S. The Morgan fingerprint density at radius 1 is 1.00 bits per heavy atom. The Labute approximate surface area is 192 Å². The van der Waals surface area contributed by atoms with Gasteiger partial charge in [-0.05, 0) is 73.3 Å². The Kier molecular flexibility index (Phi) is 7.22. The van der Waals surface area contributed by atoms with Gasteiger partial charge in [0.1, 0.15) is 0 Å². The third-order valence-electron chi connectivity index (χ3n) is 6.76. The van der Waals surface area contributed by atoms with Crippen molar-refractivity contribution >= 4 is 11.3 Å². The van der Waals surface area contributed by atoms with E-state index >= 15 is 0 Å². The summed E-state index contributed by atoms with van der Waals surface area (Å²) in [5.41, 5.74) is 8.08. The number of pyridine rings is 1. The summed E-state index contributed by atoms with van der Waals surface area (Å²) in [5.74, 6) is 1.70. The zero-order chi connectivity index (χ0) is 21.8. The van der Waals surface area contributed by atoms with Gasteiger partial charge in [0.15, 0.2) is 0 Å². The Morgan fingerprint density at radius 2 is 1.81 bits per heavy atom. The molecule has 0 bridgehead atoms. The van der Waals surface area contributed by atoms with Gasteiger partial charge < -0.3 is 0 Å². The van der Waals surface area contributed by atoms with Gasteiger partial charge in [0.25, 0.3) is 0 Å². The Morgan fingerprint density at radius 3 is 2.61 bits per heavy atom. The van der Waals surface area contributed by atoms with Gasteiger partial charge in [-0.2, -0.15) is 0 Å². The van der Waals surface area contributed by atoms with Gasteiger partial charge in [-0.3, -0.25) is 4.98 Å². The van der Waals surface area contributed by atoms with Crippen LogP contribution in [0.15, 0.2) is 36.5 Å². The van der Waals surface area contributed by atoms with Gasteiger partial charge in [-0.15, -0.1) is 11.3 Å². The maximum absolute atomic E-state index is 5.14. The van der Waals surface area contributed by atoms with E-state index in [0.29, 0.717) is 0 Å². The van der Waals surface area contributed by atoms with Crippen LogP contribution in [-0.4, -0.2) is 9.97 Å². The van der Waals surface area contributed by atoms with Crippen molar-refractivity contribution in [1.82, 2.24) is 9.97 Å². The SMILES string of the molecule is CC.Cc1ncc(-c2ccc3c(c2)CCc2nc(CC4CCCCC(C)C4)ccc2-3)s1. The van der Waals surface area contributed by atoms with Crippen molar-refractivity contribution < 1.29 is 0 Å². The van der Waals surface area contributed by atoms with Crippen LogP contribution in [0.5, 0.6) is 0 Å². The number of hydrogen-bond donors (Lipinski definition) is 0. The lowest BCUT2D eigenvalue weighted by Crippen LogP contribution is -2.11. The first-order chi connectivity index (χ1) is 15.2. The summed E-state index contributed by atoms with van der Waals surface area (Å²) >= 11 is 1.77. The molecule has 0 radical (unpaired) electrons. The first-order valence-corrected chi connectivity index (χ1v) is 13.0. The molecule has 3 aromatic rings. The highest BCUT2D eigenvalue weighted by Gasteiger charge is 2.21. The lowest BCUT2D eigenvalue weighted by atomic mass is 9.86. The fraction of sp³-hybridized carbons (Fsp3) is 0.500. The first kappa shape index (κ1) is 22.2. The minimum atomic E-state index is 0.819. The summed E-state index contributed by atoms with van der Waals surface area (Å²) in [6, 6.07) is 11.6. The molecule has 2 heterocycles. The summed E-state index contributed by atoms with van der Waals surface area (Å²) in [4.78, 5) is 10.8. The number of nitrogens with zero attached hydrogens (tertiary/aromatic N) is 2. The smallest absolute Gasteiger partial charge is 0.0900 e. The lowest BCUT2D eigenvalue weighted by molar-refractivity contribution is 0.391. The molecule has 1 fully saturated rings. The van der Waals surface area contributed by atoms with Gasteiger partial charge in [-0.25, -0.2) is 4.98 Å². The molecule has 2 nitrogen and oxygen atoms in total. The van der Waals surface area contributed by atoms with E-state index < -0.39 is 0 Å². The molecule has 0 N–H and O–H groups in total. The van der Waals surface area contributed by atoms with E-state index in [1.54, 1.807) is 11.3 Å². The second-order valence-electron chi connectivity index (χ2n) is 9.11. The molecule has 0 saturated heterocycles. The Hall–Kier alpha value is -2.00. The third-order valence-corrected chi connectivity index (χ3v) is 7.72. The van der Waals surface area contributed by atoms with E-state index in [1.807, 2.05) is 20.0 Å². The van der Waals surface area contributed by atoms with E-state index in [4.69, 9.17) is 4.98 Å². The molecule has 2 aromatic heterocycles. The molecule has 164 valence electrons. The van der Waals surface area contributed by atoms with Crippen LogP contribution in [0.2, 0.25) is 0 Å². The van der Waals surface area contributed by atoms with Crippen LogP contribution in [-0.2, 0) is 19.3 Å². The van der Waals surface area contributed by atoms with Crippen LogP contribution in [0.25, 0.3) is 21.6 Å². The van der Waals surface area contributed by atoms with E-state index in [9.17, 15) is 0 Å². The Bertz CT molecular complexity index is 1020. The fourth-order valence-corrected chi connectivity index (χ4v) is 6.05. The Balaban J connectivity index is 0.00000112. The minimum Gasteiger partial charge on any atom is -0.257 e. The second-order valence-corrected chi connectivity index (χ2v) is 10.3. The van der Waals surface area contributed by atoms with Crippen LogP contribution < -0.4 is 0 Å². The van der Waals surface area contributed by atoms with Gasteiger partial charge in [0, 0.05) is 23.1 Å². The average Bonchev–Trinajstić information content (AvgIpc) is 3.13. The van der Waals surface area contributed by atoms with Crippen molar-refractivity contribution in [3.63, 3.8) is 0 Å². The van der Waals surface area contributed by atoms with Crippen molar-refractivity contribution in [2.75, 3.05) is 0 Å². The molecule has 3 heteroatoms. The summed E-state index contributed by atoms with van der Waals surface area (Å²) in [6.07, 6.45) is 12.3. The van der Waals surface area contributed by atoms with Gasteiger partial charge in [0.2, 0.25) is 0 Å². The molecule has 2 aliphatic carbocycles. The van der Waals surface area contributed by atoms with E-state index in [1.165, 1.54) is 70.6 Å². The molecule has 2 atom stereocenters. The number of fused-ring (bicyclic) bond motifs is 3. The number of aryl methyl sites for hydroxylation is 3. The fourth-order valence-electron chi connectivity index (χ4n) is 5.27. The summed E-state index contributed by atoms with van der Waals surface area (Å²) in [5, 5.41) is 1.13. The van der Waals surface area contributed by atoms with Crippen molar-refractivity contribution in [2.24, 2.45) is 11.8 Å². The van der Waals surface area contributed by atoms with Crippen LogP contribution in [0.4, 0.5) is 0 Å².